The van der Waals surface area contributed by atoms with Crippen molar-refractivity contribution in [2.75, 3.05) is 71.9 Å². The molecule has 1 aromatic heterocycles. The topological polar surface area (TPSA) is 108 Å². The Balaban J connectivity index is 1.64. The molecule has 2 aromatic carbocycles. The second kappa shape index (κ2) is 12.1. The number of benzene rings is 2. The molecule has 0 radical (unpaired) electrons. The number of aromatic nitrogens is 1. The van der Waals surface area contributed by atoms with Crippen LogP contribution in [0.5, 0.6) is 17.2 Å². The summed E-state index contributed by atoms with van der Waals surface area (Å²) in [5.74, 6) is 1.18. The number of hydrogen-bond donors (Lipinski definition) is 0. The number of nitrogens with zero attached hydrogens (tertiary/aromatic N) is 3. The van der Waals surface area contributed by atoms with Crippen LogP contribution in [0.1, 0.15) is 5.56 Å². The van der Waals surface area contributed by atoms with Crippen LogP contribution in [0, 0.1) is 0 Å². The summed E-state index contributed by atoms with van der Waals surface area (Å²) < 4.78 is 46.4. The van der Waals surface area contributed by atoms with Crippen LogP contribution in [0.4, 0.5) is 5.13 Å². The SMILES string of the molecule is COc1cc(C=CC(=O)N(CCN2CCOCC2)c2nc3ccc(S(C)(=O)=O)cc3s2)cc(OC)c1OC. The lowest BCUT2D eigenvalue weighted by molar-refractivity contribution is -0.114. The molecule has 0 saturated carbocycles. The Morgan fingerprint density at radius 3 is 2.39 bits per heavy atom. The fourth-order valence-electron chi connectivity index (χ4n) is 4.06. The van der Waals surface area contributed by atoms with Crippen molar-refractivity contribution >= 4 is 48.5 Å². The number of morpholine rings is 1. The number of ether oxygens (including phenoxy) is 4. The van der Waals surface area contributed by atoms with Gasteiger partial charge in [-0.15, -0.1) is 0 Å². The Morgan fingerprint density at radius 2 is 1.79 bits per heavy atom. The van der Waals surface area contributed by atoms with Crippen LogP contribution in [0.25, 0.3) is 16.3 Å². The van der Waals surface area contributed by atoms with Crippen molar-refractivity contribution < 1.29 is 32.2 Å². The molecule has 12 heteroatoms. The van der Waals surface area contributed by atoms with Crippen molar-refractivity contribution in [1.29, 1.82) is 0 Å². The lowest BCUT2D eigenvalue weighted by atomic mass is 10.1. The number of rotatable bonds is 10. The van der Waals surface area contributed by atoms with Crippen LogP contribution in [0.15, 0.2) is 41.3 Å². The minimum Gasteiger partial charge on any atom is -0.493 e. The lowest BCUT2D eigenvalue weighted by Crippen LogP contribution is -2.42. The third-order valence-corrected chi connectivity index (χ3v) is 8.27. The molecule has 0 unspecified atom stereocenters. The number of anilines is 1. The second-order valence-electron chi connectivity index (χ2n) is 8.63. The molecular formula is C26H31N3O7S2. The molecule has 4 rings (SSSR count). The molecule has 1 aliphatic rings. The fraction of sp³-hybridized carbons (Fsp3) is 0.385. The van der Waals surface area contributed by atoms with Crippen LogP contribution in [0.2, 0.25) is 0 Å². The minimum atomic E-state index is -3.36. The smallest absolute Gasteiger partial charge is 0.252 e. The second-order valence-corrected chi connectivity index (χ2v) is 11.7. The van der Waals surface area contributed by atoms with Gasteiger partial charge in [-0.25, -0.2) is 13.4 Å². The normalized spacial score (nSPS) is 14.6. The van der Waals surface area contributed by atoms with Gasteiger partial charge in [0, 0.05) is 38.5 Å². The van der Waals surface area contributed by atoms with E-state index in [2.05, 4.69) is 9.88 Å². The number of carbonyl (C=O) groups is 1. The van der Waals surface area contributed by atoms with Crippen LogP contribution in [-0.4, -0.2) is 91.2 Å². The zero-order valence-corrected chi connectivity index (χ0v) is 23.4. The van der Waals surface area contributed by atoms with Gasteiger partial charge < -0.3 is 18.9 Å². The summed E-state index contributed by atoms with van der Waals surface area (Å²) in [6.07, 6.45) is 4.33. The fourth-order valence-corrected chi connectivity index (χ4v) is 5.82. The standard InChI is InChI=1S/C26H31N3O7S2/c1-33-21-15-18(16-22(34-2)25(21)35-3)5-8-24(30)29(10-9-28-11-13-36-14-12-28)26-27-20-7-6-19(38(4,31)32)17-23(20)37-26/h5-8,15-17H,9-14H2,1-4H3. The maximum atomic E-state index is 13.5. The predicted octanol–water partition coefficient (Wildman–Crippen LogP) is 3.10. The van der Waals surface area contributed by atoms with E-state index in [1.54, 1.807) is 35.2 Å². The van der Waals surface area contributed by atoms with E-state index in [0.29, 0.717) is 64.5 Å². The van der Waals surface area contributed by atoms with E-state index in [4.69, 9.17) is 18.9 Å². The average molecular weight is 562 g/mol. The molecule has 0 spiro atoms. The molecule has 10 nitrogen and oxygen atoms in total. The van der Waals surface area contributed by atoms with Crippen molar-refractivity contribution in [1.82, 2.24) is 9.88 Å². The van der Waals surface area contributed by atoms with E-state index >= 15 is 0 Å². The summed E-state index contributed by atoms with van der Waals surface area (Å²) in [6.45, 7) is 3.96. The summed E-state index contributed by atoms with van der Waals surface area (Å²) in [5, 5.41) is 0.499. The van der Waals surface area contributed by atoms with Crippen LogP contribution in [0.3, 0.4) is 0 Å². The van der Waals surface area contributed by atoms with Gasteiger partial charge in [-0.3, -0.25) is 14.6 Å². The van der Waals surface area contributed by atoms with Crippen LogP contribution >= 0.6 is 11.3 Å². The molecule has 2 heterocycles. The molecule has 3 aromatic rings. The highest BCUT2D eigenvalue weighted by Crippen LogP contribution is 2.38. The van der Waals surface area contributed by atoms with Crippen molar-refractivity contribution in [2.45, 2.75) is 4.90 Å². The average Bonchev–Trinajstić information content (AvgIpc) is 3.34. The monoisotopic (exact) mass is 561 g/mol. The minimum absolute atomic E-state index is 0.216. The first-order chi connectivity index (χ1) is 18.2. The quantitative estimate of drug-likeness (QED) is 0.345. The van der Waals surface area contributed by atoms with Gasteiger partial charge in [-0.2, -0.15) is 0 Å². The number of methoxy groups -OCH3 is 3. The Kier molecular flexibility index (Phi) is 8.87. The molecule has 1 fully saturated rings. The number of carbonyl (C=O) groups excluding carboxylic acids is 1. The first kappa shape index (κ1) is 27.8. The molecule has 38 heavy (non-hydrogen) atoms. The maximum Gasteiger partial charge on any atom is 0.252 e. The number of sulfone groups is 1. The Bertz CT molecular complexity index is 1400. The third kappa shape index (κ3) is 6.44. The van der Waals surface area contributed by atoms with Gasteiger partial charge in [0.1, 0.15) is 0 Å². The number of amides is 1. The van der Waals surface area contributed by atoms with E-state index in [9.17, 15) is 13.2 Å². The zero-order valence-electron chi connectivity index (χ0n) is 21.8. The van der Waals surface area contributed by atoms with Gasteiger partial charge in [0.25, 0.3) is 5.91 Å². The van der Waals surface area contributed by atoms with Gasteiger partial charge >= 0.3 is 0 Å². The first-order valence-electron chi connectivity index (χ1n) is 11.9. The summed E-state index contributed by atoms with van der Waals surface area (Å²) >= 11 is 1.29. The summed E-state index contributed by atoms with van der Waals surface area (Å²) in [7, 11) is 1.23. The first-order valence-corrected chi connectivity index (χ1v) is 14.6. The van der Waals surface area contributed by atoms with Gasteiger partial charge in [-0.1, -0.05) is 11.3 Å². The number of hydrogen-bond acceptors (Lipinski definition) is 10. The largest absolute Gasteiger partial charge is 0.493 e. The van der Waals surface area contributed by atoms with Crippen molar-refractivity contribution in [3.63, 3.8) is 0 Å². The van der Waals surface area contributed by atoms with E-state index in [1.165, 1.54) is 51.1 Å². The summed E-state index contributed by atoms with van der Waals surface area (Å²) in [5.41, 5.74) is 1.33. The third-order valence-electron chi connectivity index (χ3n) is 6.12. The van der Waals surface area contributed by atoms with Crippen molar-refractivity contribution in [3.05, 3.63) is 42.0 Å². The Labute approximate surface area is 226 Å². The maximum absolute atomic E-state index is 13.5. The number of fused-ring (bicyclic) bond motifs is 1. The molecule has 1 amide bonds. The van der Waals surface area contributed by atoms with Crippen LogP contribution in [-0.2, 0) is 19.4 Å². The number of thiazole rings is 1. The molecule has 0 N–H and O–H groups in total. The zero-order chi connectivity index (χ0) is 27.3. The predicted molar refractivity (Wildman–Crippen MR) is 147 cm³/mol. The summed E-state index contributed by atoms with van der Waals surface area (Å²) in [4.78, 5) is 22.2. The van der Waals surface area contributed by atoms with E-state index in [1.807, 2.05) is 0 Å². The molecule has 1 saturated heterocycles. The molecule has 0 atom stereocenters. The highest BCUT2D eigenvalue weighted by molar-refractivity contribution is 7.90. The van der Waals surface area contributed by atoms with Gasteiger partial charge in [0.15, 0.2) is 26.5 Å². The molecule has 1 aliphatic heterocycles. The summed E-state index contributed by atoms with van der Waals surface area (Å²) in [6, 6.07) is 8.32. The van der Waals surface area contributed by atoms with E-state index in [0.717, 1.165) is 13.1 Å². The van der Waals surface area contributed by atoms with Gasteiger partial charge in [0.05, 0.1) is 49.7 Å². The van der Waals surface area contributed by atoms with Gasteiger partial charge in [0.2, 0.25) is 5.75 Å². The lowest BCUT2D eigenvalue weighted by Gasteiger charge is -2.28. The highest BCUT2D eigenvalue weighted by atomic mass is 32.2. The molecule has 0 aliphatic carbocycles. The van der Waals surface area contributed by atoms with Crippen LogP contribution < -0.4 is 19.1 Å². The highest BCUT2D eigenvalue weighted by Gasteiger charge is 2.21. The van der Waals surface area contributed by atoms with Crippen molar-refractivity contribution in [3.8, 4) is 17.2 Å². The molecule has 0 bridgehead atoms. The van der Waals surface area contributed by atoms with E-state index in [-0.39, 0.29) is 10.8 Å². The van der Waals surface area contributed by atoms with Crippen molar-refractivity contribution in [2.24, 2.45) is 0 Å². The molecule has 204 valence electrons. The Hall–Kier alpha value is -3.19. The Morgan fingerprint density at radius 1 is 1.11 bits per heavy atom. The van der Waals surface area contributed by atoms with Gasteiger partial charge in [-0.05, 0) is 42.0 Å². The van der Waals surface area contributed by atoms with E-state index < -0.39 is 9.84 Å². The molecular weight excluding hydrogens is 530 g/mol.